The lowest BCUT2D eigenvalue weighted by Crippen LogP contribution is -2.50. The number of rotatable bonds is 18. The largest absolute Gasteiger partial charge is 0.472 e. The molecular formula is C33H50N12O16P2S2. The molecule has 3 unspecified atom stereocenters. The Balaban J connectivity index is 1.47. The van der Waals surface area contributed by atoms with Crippen molar-refractivity contribution in [1.82, 2.24) is 34.4 Å². The number of aliphatic hydroxyl groups excluding tert-OH is 1. The van der Waals surface area contributed by atoms with E-state index in [4.69, 9.17) is 39.5 Å². The van der Waals surface area contributed by atoms with Gasteiger partial charge in [-0.25, -0.2) is 38.5 Å². The van der Waals surface area contributed by atoms with Crippen molar-refractivity contribution in [2.75, 3.05) is 24.7 Å². The molecule has 0 spiro atoms. The maximum Gasteiger partial charge on any atom is 0.472 e. The van der Waals surface area contributed by atoms with Crippen LogP contribution in [0.4, 0.5) is 16.4 Å². The first kappa shape index (κ1) is 51.9. The van der Waals surface area contributed by atoms with E-state index >= 15 is 0 Å². The minimum absolute atomic E-state index is 0.0232. The molecule has 360 valence electrons. The number of amides is 1. The standard InChI is InChI=1S/C33H50N12O16P2S2/c1-16(64-65-32(5,6)7)10-17(40-30(49)60-31(2,3)4)28(47)58-24-20(59-33(25(24)46,42-43-36)45-15-39-23-26(35)37-14-38-27(23)45)13-56-63(53,54)61-18-11-22(44-9-8-21(34)41-29(44)48)57-19(18)12-55-62(50,51)52/h8-9,14-20,22,24-25,46H,10-13H2,1-7H3,(H,40,49)(H,53,54)(H2,34,41,48)(H2,35,37,38)(H2,50,51,52)/t16?,17?,18-,19+,20-,22+,24+,25+,33-/m0/s1. The second kappa shape index (κ2) is 20.4. The van der Waals surface area contributed by atoms with Crippen molar-refractivity contribution < 1.29 is 71.0 Å². The molecule has 0 saturated carbocycles. The number of alkyl carbamates (subject to hydrolysis) is 1. The molecule has 0 aliphatic carbocycles. The van der Waals surface area contributed by atoms with Crippen LogP contribution in [0, 0.1) is 0 Å². The Kier molecular flexibility index (Phi) is 16.3. The fourth-order valence-corrected chi connectivity index (χ4v) is 9.94. The predicted molar refractivity (Wildman–Crippen MR) is 230 cm³/mol. The molecule has 28 nitrogen and oxygen atoms in total. The van der Waals surface area contributed by atoms with E-state index in [1.165, 1.54) is 33.9 Å². The fraction of sp³-hybridized carbons (Fsp3) is 0.667. The zero-order valence-corrected chi connectivity index (χ0v) is 39.3. The molecule has 5 heterocycles. The number of fused-ring (bicyclic) bond motifs is 1. The number of phosphoric acid groups is 2. The second-order valence-corrected chi connectivity index (χ2v) is 22.6. The van der Waals surface area contributed by atoms with Crippen molar-refractivity contribution in [3.05, 3.63) is 45.8 Å². The third kappa shape index (κ3) is 13.7. The van der Waals surface area contributed by atoms with E-state index in [1.807, 2.05) is 20.8 Å². The zero-order valence-electron chi connectivity index (χ0n) is 35.8. The molecule has 65 heavy (non-hydrogen) atoms. The van der Waals surface area contributed by atoms with Crippen LogP contribution in [0.3, 0.4) is 0 Å². The lowest BCUT2D eigenvalue weighted by Gasteiger charge is -2.29. The molecule has 10 atom stereocenters. The van der Waals surface area contributed by atoms with Crippen molar-refractivity contribution in [2.24, 2.45) is 5.11 Å². The van der Waals surface area contributed by atoms with Gasteiger partial charge in [0.05, 0.1) is 19.5 Å². The molecule has 1 amide bonds. The lowest BCUT2D eigenvalue weighted by molar-refractivity contribution is -0.159. The van der Waals surface area contributed by atoms with Crippen LogP contribution in [0.2, 0.25) is 0 Å². The van der Waals surface area contributed by atoms with Gasteiger partial charge in [0.15, 0.2) is 17.6 Å². The number of nitrogens with zero attached hydrogens (tertiary/aromatic N) is 9. The number of aromatic nitrogens is 6. The summed E-state index contributed by atoms with van der Waals surface area (Å²) < 4.78 is 65.4. The molecule has 0 aromatic carbocycles. The van der Waals surface area contributed by atoms with Crippen LogP contribution >= 0.6 is 37.2 Å². The van der Waals surface area contributed by atoms with E-state index in [-0.39, 0.29) is 39.2 Å². The van der Waals surface area contributed by atoms with Gasteiger partial charge in [-0.15, -0.1) is 0 Å². The van der Waals surface area contributed by atoms with E-state index < -0.39 is 107 Å². The molecule has 3 aromatic rings. The van der Waals surface area contributed by atoms with Gasteiger partial charge in [-0.2, -0.15) is 4.98 Å². The monoisotopic (exact) mass is 996 g/mol. The van der Waals surface area contributed by atoms with E-state index in [0.29, 0.717) is 0 Å². The van der Waals surface area contributed by atoms with Crippen molar-refractivity contribution in [1.29, 1.82) is 0 Å². The third-order valence-corrected chi connectivity index (χ3v) is 14.3. The van der Waals surface area contributed by atoms with Crippen LogP contribution in [-0.2, 0) is 52.3 Å². The zero-order chi connectivity index (χ0) is 48.3. The Labute approximate surface area is 377 Å². The third-order valence-electron chi connectivity index (χ3n) is 8.96. The molecule has 3 aromatic heterocycles. The van der Waals surface area contributed by atoms with E-state index in [9.17, 15) is 48.8 Å². The van der Waals surface area contributed by atoms with E-state index in [0.717, 1.165) is 21.8 Å². The molecule has 9 N–H and O–H groups in total. The van der Waals surface area contributed by atoms with E-state index in [2.05, 4.69) is 39.8 Å². The summed E-state index contributed by atoms with van der Waals surface area (Å²) in [4.78, 5) is 88.2. The topological polar surface area (TPSA) is 405 Å². The number of anilines is 2. The maximum atomic E-state index is 14.2. The summed E-state index contributed by atoms with van der Waals surface area (Å²) in [7, 11) is -7.54. The van der Waals surface area contributed by atoms with Crippen LogP contribution < -0.4 is 22.5 Å². The first-order valence-electron chi connectivity index (χ1n) is 19.4. The van der Waals surface area contributed by atoms with Gasteiger partial charge in [-0.3, -0.25) is 22.7 Å². The fourth-order valence-electron chi connectivity index (χ4n) is 6.32. The molecule has 0 radical (unpaired) electrons. The number of aliphatic hydroxyl groups is 1. The van der Waals surface area contributed by atoms with Gasteiger partial charge < -0.3 is 55.5 Å². The van der Waals surface area contributed by atoms with Crippen LogP contribution in [0.1, 0.15) is 67.5 Å². The number of nitrogens with two attached hydrogens (primary N) is 2. The average Bonchev–Trinajstić information content (AvgIpc) is 3.86. The van der Waals surface area contributed by atoms with Gasteiger partial charge in [0.25, 0.3) is 5.85 Å². The number of carbonyl (C=O) groups excluding carboxylic acids is 2. The molecule has 0 bridgehead atoms. The number of imidazole rings is 1. The number of nitrogen functional groups attached to an aromatic ring is 2. The van der Waals surface area contributed by atoms with Gasteiger partial charge in [-0.1, -0.05) is 49.3 Å². The minimum Gasteiger partial charge on any atom is -0.455 e. The van der Waals surface area contributed by atoms with Crippen LogP contribution in [-0.4, -0.2) is 126 Å². The van der Waals surface area contributed by atoms with Crippen molar-refractivity contribution in [2.45, 2.75) is 126 Å². The smallest absolute Gasteiger partial charge is 0.455 e. The second-order valence-electron chi connectivity index (χ2n) is 16.5. The number of nitrogens with one attached hydrogen (secondary N) is 1. The summed E-state index contributed by atoms with van der Waals surface area (Å²) in [6, 6.07) is -0.178. The minimum atomic E-state index is -5.37. The number of esters is 1. The SMILES string of the molecule is CC(CC(NC(=O)OC(C)(C)C)C(=O)O[C@@H]1[C@H](COP(=O)(O)O[C@H]2C[C@H](n3ccc(N)nc3=O)O[C@@H]2COP(=O)(O)O)O[C@@](N=[N+]=[N-])(n2cnc3c(N)ncnc32)[C@@H]1O)SSC(C)(C)C. The summed E-state index contributed by atoms with van der Waals surface area (Å²) in [5, 5.41) is 18.0. The quantitative estimate of drug-likeness (QED) is 0.0240. The van der Waals surface area contributed by atoms with Gasteiger partial charge in [0, 0.05) is 27.5 Å². The molecule has 5 rings (SSSR count). The summed E-state index contributed by atoms with van der Waals surface area (Å²) in [6.07, 6.45) is -8.40. The summed E-state index contributed by atoms with van der Waals surface area (Å²) in [6.45, 7) is 10.6. The van der Waals surface area contributed by atoms with E-state index in [1.54, 1.807) is 27.7 Å². The van der Waals surface area contributed by atoms with Crippen LogP contribution in [0.15, 0.2) is 34.8 Å². The Morgan fingerprint density at radius 1 is 1.12 bits per heavy atom. The molecule has 2 aliphatic rings. The Hall–Kier alpha value is -4.12. The van der Waals surface area contributed by atoms with Crippen LogP contribution in [0.25, 0.3) is 21.6 Å². The highest BCUT2D eigenvalue weighted by molar-refractivity contribution is 8.77. The molecular weight excluding hydrogens is 947 g/mol. The Morgan fingerprint density at radius 3 is 2.45 bits per heavy atom. The maximum absolute atomic E-state index is 14.2. The Bertz CT molecular complexity index is 2410. The number of azide groups is 1. The molecule has 32 heteroatoms. The Morgan fingerprint density at radius 2 is 1.82 bits per heavy atom. The highest BCUT2D eigenvalue weighted by atomic mass is 33.1. The number of ether oxygens (including phenoxy) is 4. The number of hydrogen-bond donors (Lipinski definition) is 7. The summed E-state index contributed by atoms with van der Waals surface area (Å²) in [5.41, 5.74) is 19.3. The van der Waals surface area contributed by atoms with Crippen molar-refractivity contribution in [3.63, 3.8) is 0 Å². The highest BCUT2D eigenvalue weighted by Gasteiger charge is 2.59. The number of phosphoric ester groups is 2. The summed E-state index contributed by atoms with van der Waals surface area (Å²) in [5.74, 6) is -4.01. The first-order valence-corrected chi connectivity index (χ1v) is 24.6. The normalized spacial score (nSPS) is 25.6. The van der Waals surface area contributed by atoms with Crippen molar-refractivity contribution >= 4 is 72.1 Å². The van der Waals surface area contributed by atoms with Gasteiger partial charge in [0.2, 0.25) is 0 Å². The van der Waals surface area contributed by atoms with Gasteiger partial charge >= 0.3 is 33.4 Å². The predicted octanol–water partition coefficient (Wildman–Crippen LogP) is 2.59. The van der Waals surface area contributed by atoms with Crippen molar-refractivity contribution in [3.8, 4) is 0 Å². The number of carbonyl (C=O) groups is 2. The molecule has 2 aliphatic heterocycles. The number of hydrogen-bond acceptors (Lipinski definition) is 22. The van der Waals surface area contributed by atoms with Gasteiger partial charge in [0.1, 0.15) is 59.9 Å². The lowest BCUT2D eigenvalue weighted by atomic mass is 10.1. The van der Waals surface area contributed by atoms with Gasteiger partial charge in [-0.05, 0) is 43.9 Å². The molecule has 2 fully saturated rings. The highest BCUT2D eigenvalue weighted by Crippen LogP contribution is 2.51. The summed E-state index contributed by atoms with van der Waals surface area (Å²) >= 11 is 0. The first-order chi connectivity index (χ1) is 30.1. The van der Waals surface area contributed by atoms with Crippen LogP contribution in [0.5, 0.6) is 0 Å². The molecule has 2 saturated heterocycles. The average molecular weight is 997 g/mol.